The molecule has 0 aliphatic heterocycles. The first-order valence-electron chi connectivity index (χ1n) is 20.2. The third kappa shape index (κ3) is 15.9. The lowest BCUT2D eigenvalue weighted by molar-refractivity contribution is -0.392. The molecule has 35 heteroatoms. The van der Waals surface area contributed by atoms with Gasteiger partial charge in [0.05, 0.1) is 28.0 Å². The largest absolute Gasteiger partial charge is 0.508 e. The molecule has 6 unspecified atom stereocenters. The van der Waals surface area contributed by atoms with Gasteiger partial charge in [-0.2, -0.15) is 5.26 Å². The van der Waals surface area contributed by atoms with Crippen LogP contribution in [0.25, 0.3) is 0 Å². The van der Waals surface area contributed by atoms with Crippen LogP contribution in [0.5, 0.6) is 5.75 Å². The minimum absolute atomic E-state index is 0.0940. The summed E-state index contributed by atoms with van der Waals surface area (Å²) in [5.74, 6) is -12.4. The summed E-state index contributed by atoms with van der Waals surface area (Å²) >= 11 is 0. The van der Waals surface area contributed by atoms with Gasteiger partial charge in [0.25, 0.3) is 29.5 Å². The number of hydrogen-bond acceptors (Lipinski definition) is 19. The molecule has 0 aromatic heterocycles. The molecule has 0 heterocycles. The number of aliphatic imine (C=N–C) groups is 4. The van der Waals surface area contributed by atoms with Crippen LogP contribution in [0, 0.1) is 31.6 Å². The highest BCUT2D eigenvalue weighted by Gasteiger charge is 2.39. The van der Waals surface area contributed by atoms with Crippen LogP contribution in [0.1, 0.15) is 22.7 Å². The lowest BCUT2D eigenvalue weighted by Gasteiger charge is -2.30. The number of phenolic OH excluding ortho intramolecular Hbond substituents is 1. The number of guanidine groups is 4. The van der Waals surface area contributed by atoms with Gasteiger partial charge in [0.2, 0.25) is 36.8 Å². The Hall–Kier alpha value is -10.8. The van der Waals surface area contributed by atoms with E-state index in [9.17, 15) is 64.5 Å². The van der Waals surface area contributed by atoms with E-state index in [-0.39, 0.29) is 11.1 Å². The molecule has 0 saturated carbocycles. The van der Waals surface area contributed by atoms with Crippen molar-refractivity contribution in [2.24, 2.45) is 71.6 Å². The number of benzene rings is 3. The molecular formula is C38H49N23O12. The summed E-state index contributed by atoms with van der Waals surface area (Å²) in [6, 6.07) is 11.7. The summed E-state index contributed by atoms with van der Waals surface area (Å²) in [4.78, 5) is 120. The number of nitro groups is 2. The molecule has 0 aliphatic rings. The van der Waals surface area contributed by atoms with Crippen LogP contribution < -0.4 is 88.0 Å². The zero-order valence-corrected chi connectivity index (χ0v) is 38.1. The van der Waals surface area contributed by atoms with E-state index in [1.165, 1.54) is 48.5 Å². The fourth-order valence-corrected chi connectivity index (χ4v) is 6.07. The van der Waals surface area contributed by atoms with Gasteiger partial charge in [-0.1, -0.05) is 36.4 Å². The Balaban J connectivity index is 2.10. The Morgan fingerprint density at radius 3 is 1.45 bits per heavy atom. The molecule has 0 fully saturated rings. The van der Waals surface area contributed by atoms with Crippen LogP contribution in [-0.2, 0) is 35.3 Å². The van der Waals surface area contributed by atoms with Crippen molar-refractivity contribution in [2.75, 3.05) is 23.9 Å². The number of nitrogens with zero attached hydrogens (tertiary/aromatic N) is 9. The second-order valence-corrected chi connectivity index (χ2v) is 14.8. The third-order valence-electron chi connectivity index (χ3n) is 9.26. The topological polar surface area (TPSA) is 603 Å². The summed E-state index contributed by atoms with van der Waals surface area (Å²) < 4.78 is 0. The first-order valence-corrected chi connectivity index (χ1v) is 20.2. The molecule has 6 atom stereocenters. The SMILES string of the molecule is CN(C)c1ccc(CN(c2c([N+](=O)[O-])cc(C#N)cc2[N+](=O)[O-])C(O)C(=O)NC(C(=O)NC(N=C(N)N)C(=O)NC(N=C(N)N)C(=O)NC(N=C(N)N)C(=O)NC(N=C(N)N)C(N)=O)c2ccccc2)c(O)c1. The number of aliphatic hydroxyl groups is 1. The fraction of sp³-hybridized carbons (Fsp3) is 0.237. The number of amides is 6. The second-order valence-electron chi connectivity index (χ2n) is 14.8. The highest BCUT2D eigenvalue weighted by Crippen LogP contribution is 2.41. The molecule has 3 rings (SSSR count). The summed E-state index contributed by atoms with van der Waals surface area (Å²) in [7, 11) is 3.27. The molecule has 25 N–H and O–H groups in total. The molecular weight excluding hydrogens is 971 g/mol. The number of aliphatic hydroxyl groups excluding tert-OH is 1. The molecule has 388 valence electrons. The highest BCUT2D eigenvalue weighted by molar-refractivity contribution is 5.99. The van der Waals surface area contributed by atoms with E-state index in [1.807, 2.05) is 16.0 Å². The number of carbonyl (C=O) groups is 6. The number of nitro benzene ring substituents is 2. The number of nitrogens with two attached hydrogens (primary N) is 9. The minimum Gasteiger partial charge on any atom is -0.508 e. The zero-order chi connectivity index (χ0) is 55.0. The van der Waals surface area contributed by atoms with Gasteiger partial charge in [-0.05, 0) is 11.6 Å². The summed E-state index contributed by atoms with van der Waals surface area (Å²) in [6.07, 6.45) is -11.3. The van der Waals surface area contributed by atoms with Gasteiger partial charge in [-0.15, -0.1) is 0 Å². The van der Waals surface area contributed by atoms with Crippen LogP contribution in [0.15, 0.2) is 80.6 Å². The van der Waals surface area contributed by atoms with E-state index in [4.69, 9.17) is 51.6 Å². The zero-order valence-electron chi connectivity index (χ0n) is 38.1. The van der Waals surface area contributed by atoms with Crippen molar-refractivity contribution in [1.29, 1.82) is 5.26 Å². The number of phenols is 1. The van der Waals surface area contributed by atoms with E-state index in [2.05, 4.69) is 30.6 Å². The lowest BCUT2D eigenvalue weighted by atomic mass is 10.1. The average molecular weight is 1020 g/mol. The molecule has 0 spiro atoms. The van der Waals surface area contributed by atoms with Crippen LogP contribution in [0.2, 0.25) is 0 Å². The molecule has 0 radical (unpaired) electrons. The monoisotopic (exact) mass is 1020 g/mol. The maximum absolute atomic E-state index is 14.3. The first-order chi connectivity index (χ1) is 34.1. The van der Waals surface area contributed by atoms with E-state index in [0.29, 0.717) is 22.7 Å². The number of nitriles is 1. The van der Waals surface area contributed by atoms with Gasteiger partial charge in [-0.3, -0.25) is 49.0 Å². The van der Waals surface area contributed by atoms with Gasteiger partial charge in [0.15, 0.2) is 29.5 Å². The molecule has 0 aliphatic carbocycles. The summed E-state index contributed by atoms with van der Waals surface area (Å²) in [5, 5.41) is 67.4. The quantitative estimate of drug-likeness (QED) is 0.0138. The van der Waals surface area contributed by atoms with E-state index in [1.54, 1.807) is 25.1 Å². The van der Waals surface area contributed by atoms with Crippen LogP contribution in [-0.4, -0.2) is 124 Å². The van der Waals surface area contributed by atoms with Gasteiger partial charge < -0.3 is 98.2 Å². The lowest BCUT2D eigenvalue weighted by Crippen LogP contribution is -2.58. The predicted octanol–water partition coefficient (Wildman–Crippen LogP) is -7.32. The van der Waals surface area contributed by atoms with Gasteiger partial charge in [0.1, 0.15) is 11.8 Å². The normalized spacial score (nSPS) is 12.8. The number of aromatic hydroxyl groups is 1. The Kier molecular flexibility index (Phi) is 19.4. The Morgan fingerprint density at radius 1 is 0.644 bits per heavy atom. The van der Waals surface area contributed by atoms with Crippen molar-refractivity contribution < 1.29 is 48.8 Å². The molecule has 35 nitrogen and oxygen atoms in total. The number of carbonyl (C=O) groups excluding carboxylic acids is 6. The molecule has 6 amide bonds. The third-order valence-corrected chi connectivity index (χ3v) is 9.26. The van der Waals surface area contributed by atoms with Gasteiger partial charge >= 0.3 is 11.4 Å². The standard InChI is InChI=1S/C38H49N23O12/c1-58(2)18-9-8-17(21(62)12-18)14-59(23-19(60(70)71)10-15(13-39)11-20(23)61(72)73)34(69)33(68)49-22(16-6-4-3-5-7-16)29(64)51-26(55-36(43)44)31(66)53-28(57-38(47)48)32(67)52-27(56-37(45)46)30(65)50-25(24(40)63)54-35(41)42/h3-12,22,25-28,34,62,69H,14H2,1-2H3,(H2,40,63)(H,49,68)(H,50,65)(H,51,64)(H,52,67)(H,53,66)(H4,41,42,54)(H4,43,44,55)(H4,45,46,56)(H4,47,48,57). The number of anilines is 2. The van der Waals surface area contributed by atoms with Crippen molar-refractivity contribution >= 4 is 82.0 Å². The Morgan fingerprint density at radius 2 is 1.07 bits per heavy atom. The van der Waals surface area contributed by atoms with Crippen molar-refractivity contribution in [3.8, 4) is 11.8 Å². The fourth-order valence-electron chi connectivity index (χ4n) is 6.07. The van der Waals surface area contributed by atoms with Crippen LogP contribution in [0.4, 0.5) is 22.7 Å². The van der Waals surface area contributed by atoms with Crippen molar-refractivity contribution in [3.05, 3.63) is 97.6 Å². The average Bonchev–Trinajstić information content (AvgIpc) is 3.30. The van der Waals surface area contributed by atoms with Gasteiger partial charge in [0, 0.05) is 43.5 Å². The number of hydrogen-bond donors (Lipinski definition) is 16. The maximum atomic E-state index is 14.3. The van der Waals surface area contributed by atoms with Crippen molar-refractivity contribution in [2.45, 2.75) is 43.5 Å². The number of nitrogens with one attached hydrogen (secondary N) is 5. The first kappa shape index (κ1) is 56.5. The summed E-state index contributed by atoms with van der Waals surface area (Å²) in [6.45, 7) is -0.871. The highest BCUT2D eigenvalue weighted by atomic mass is 16.6. The van der Waals surface area contributed by atoms with Gasteiger partial charge in [-0.25, -0.2) is 20.0 Å². The molecule has 0 saturated heterocycles. The van der Waals surface area contributed by atoms with E-state index >= 15 is 0 Å². The predicted molar refractivity (Wildman–Crippen MR) is 257 cm³/mol. The maximum Gasteiger partial charge on any atom is 0.301 e. The summed E-state index contributed by atoms with van der Waals surface area (Å²) in [5.41, 5.74) is 45.0. The van der Waals surface area contributed by atoms with E-state index in [0.717, 1.165) is 0 Å². The molecule has 3 aromatic rings. The minimum atomic E-state index is -2.72. The number of rotatable bonds is 23. The van der Waals surface area contributed by atoms with E-state index < -0.39 is 141 Å². The molecule has 73 heavy (non-hydrogen) atoms. The molecule has 3 aromatic carbocycles. The Bertz CT molecular complexity index is 2750. The molecule has 0 bridgehead atoms. The smallest absolute Gasteiger partial charge is 0.301 e. The van der Waals surface area contributed by atoms with Crippen LogP contribution >= 0.6 is 0 Å². The van der Waals surface area contributed by atoms with Crippen LogP contribution in [0.3, 0.4) is 0 Å². The van der Waals surface area contributed by atoms with Crippen molar-refractivity contribution in [1.82, 2.24) is 26.6 Å². The number of primary amides is 1. The second kappa shape index (κ2) is 25.0. The van der Waals surface area contributed by atoms with Crippen molar-refractivity contribution in [3.63, 3.8) is 0 Å². The Labute approximate surface area is 410 Å².